The Bertz CT molecular complexity index is 390. The van der Waals surface area contributed by atoms with Crippen molar-refractivity contribution < 1.29 is 18.3 Å². The summed E-state index contributed by atoms with van der Waals surface area (Å²) in [7, 11) is 1.43. The summed E-state index contributed by atoms with van der Waals surface area (Å²) in [6.07, 6.45) is 1.10. The molecule has 0 fully saturated rings. The van der Waals surface area contributed by atoms with Gasteiger partial charge in [0.05, 0.1) is 24.4 Å². The quantitative estimate of drug-likeness (QED) is 0.610. The van der Waals surface area contributed by atoms with Crippen LogP contribution < -0.4 is 0 Å². The van der Waals surface area contributed by atoms with Crippen LogP contribution in [0.5, 0.6) is 0 Å². The third-order valence-corrected chi connectivity index (χ3v) is 2.22. The standard InChI is InChI=1S/C8H8Cl2F2N2O2/c1-16-3-2-14-6(5(9)4-13-14)7(15)8(10,11)12/h4H,2-3H2,1H3. The molecule has 4 nitrogen and oxygen atoms in total. The van der Waals surface area contributed by atoms with E-state index in [9.17, 15) is 13.6 Å². The van der Waals surface area contributed by atoms with Gasteiger partial charge in [-0.05, 0) is 11.6 Å². The molecule has 0 spiro atoms. The molecule has 0 bridgehead atoms. The molecule has 90 valence electrons. The maximum Gasteiger partial charge on any atom is 0.386 e. The largest absolute Gasteiger partial charge is 0.386 e. The normalized spacial score (nSPS) is 11.8. The van der Waals surface area contributed by atoms with Crippen LogP contribution in [0.1, 0.15) is 10.5 Å². The minimum atomic E-state index is -3.99. The van der Waals surface area contributed by atoms with E-state index < -0.39 is 16.9 Å². The van der Waals surface area contributed by atoms with Crippen molar-refractivity contribution in [1.82, 2.24) is 9.78 Å². The fourth-order valence-electron chi connectivity index (χ4n) is 1.07. The molecule has 0 N–H and O–H groups in total. The lowest BCUT2D eigenvalue weighted by Gasteiger charge is -2.09. The first-order valence-corrected chi connectivity index (χ1v) is 4.95. The van der Waals surface area contributed by atoms with Crippen LogP contribution in [0.15, 0.2) is 6.20 Å². The minimum absolute atomic E-state index is 0.136. The number of aromatic nitrogens is 2. The van der Waals surface area contributed by atoms with E-state index in [1.54, 1.807) is 0 Å². The predicted octanol–water partition coefficient (Wildman–Crippen LogP) is 2.20. The summed E-state index contributed by atoms with van der Waals surface area (Å²) in [4.78, 5) is 11.3. The summed E-state index contributed by atoms with van der Waals surface area (Å²) >= 11 is 10.2. The van der Waals surface area contributed by atoms with E-state index in [1.165, 1.54) is 7.11 Å². The van der Waals surface area contributed by atoms with Gasteiger partial charge in [0.15, 0.2) is 0 Å². The molecule has 0 radical (unpaired) electrons. The van der Waals surface area contributed by atoms with Gasteiger partial charge in [-0.3, -0.25) is 9.48 Å². The van der Waals surface area contributed by atoms with Crippen LogP contribution in [0.4, 0.5) is 8.78 Å². The molecule has 0 aliphatic heterocycles. The van der Waals surface area contributed by atoms with Gasteiger partial charge in [0.2, 0.25) is 0 Å². The van der Waals surface area contributed by atoms with Gasteiger partial charge in [0, 0.05) is 7.11 Å². The van der Waals surface area contributed by atoms with E-state index >= 15 is 0 Å². The fourth-order valence-corrected chi connectivity index (χ4v) is 1.39. The average molecular weight is 273 g/mol. The molecular weight excluding hydrogens is 265 g/mol. The Hall–Kier alpha value is -0.720. The number of methoxy groups -OCH3 is 1. The topological polar surface area (TPSA) is 44.1 Å². The molecule has 0 saturated heterocycles. The van der Waals surface area contributed by atoms with Crippen LogP contribution in [0.2, 0.25) is 5.02 Å². The number of alkyl halides is 3. The first-order valence-electron chi connectivity index (χ1n) is 4.19. The van der Waals surface area contributed by atoms with E-state index in [1.807, 2.05) is 0 Å². The molecule has 1 aromatic heterocycles. The Morgan fingerprint density at radius 1 is 1.69 bits per heavy atom. The first kappa shape index (κ1) is 13.3. The molecule has 0 amide bonds. The number of hydrogen-bond acceptors (Lipinski definition) is 3. The number of carbonyl (C=O) groups is 1. The minimum Gasteiger partial charge on any atom is -0.383 e. The van der Waals surface area contributed by atoms with Gasteiger partial charge in [0.25, 0.3) is 5.78 Å². The number of Topliss-reactive ketones (excluding diaryl/α,β-unsaturated/α-hetero) is 1. The van der Waals surface area contributed by atoms with Crippen LogP contribution in [0.25, 0.3) is 0 Å². The zero-order chi connectivity index (χ0) is 12.3. The molecule has 1 heterocycles. The van der Waals surface area contributed by atoms with Crippen molar-refractivity contribution in [2.24, 2.45) is 0 Å². The van der Waals surface area contributed by atoms with Crippen molar-refractivity contribution in [2.75, 3.05) is 13.7 Å². The Balaban J connectivity index is 3.02. The second kappa shape index (κ2) is 5.07. The van der Waals surface area contributed by atoms with Crippen LogP contribution in [-0.2, 0) is 11.3 Å². The van der Waals surface area contributed by atoms with Crippen LogP contribution in [0, 0.1) is 0 Å². The summed E-state index contributed by atoms with van der Waals surface area (Å²) in [5.74, 6) is -1.58. The molecule has 1 rings (SSSR count). The highest BCUT2D eigenvalue weighted by molar-refractivity contribution is 6.39. The summed E-state index contributed by atoms with van der Waals surface area (Å²) in [5, 5.41) is -0.477. The number of ketones is 1. The van der Waals surface area contributed by atoms with Gasteiger partial charge >= 0.3 is 5.38 Å². The zero-order valence-corrected chi connectivity index (χ0v) is 9.73. The Morgan fingerprint density at radius 2 is 2.31 bits per heavy atom. The molecule has 0 aliphatic rings. The SMILES string of the molecule is COCCn1ncc(Cl)c1C(=O)C(F)(F)Cl. The van der Waals surface area contributed by atoms with E-state index in [2.05, 4.69) is 16.7 Å². The van der Waals surface area contributed by atoms with Crippen LogP contribution in [-0.4, -0.2) is 34.7 Å². The fraction of sp³-hybridized carbons (Fsp3) is 0.500. The van der Waals surface area contributed by atoms with Crippen molar-refractivity contribution in [2.45, 2.75) is 11.9 Å². The van der Waals surface area contributed by atoms with E-state index in [0.717, 1.165) is 10.9 Å². The molecule has 1 aromatic rings. The number of hydrogen-bond donors (Lipinski definition) is 0. The highest BCUT2D eigenvalue weighted by Crippen LogP contribution is 2.28. The third kappa shape index (κ3) is 2.90. The Morgan fingerprint density at radius 3 is 2.81 bits per heavy atom. The Kier molecular flexibility index (Phi) is 4.23. The smallest absolute Gasteiger partial charge is 0.383 e. The molecule has 0 unspecified atom stereocenters. The Labute approximate surface area is 100 Å². The third-order valence-electron chi connectivity index (χ3n) is 1.77. The number of rotatable bonds is 5. The van der Waals surface area contributed by atoms with Crippen molar-refractivity contribution in [3.8, 4) is 0 Å². The lowest BCUT2D eigenvalue weighted by molar-refractivity contribution is 0.0522. The number of halogens is 4. The highest BCUT2D eigenvalue weighted by atomic mass is 35.5. The van der Waals surface area contributed by atoms with Crippen molar-refractivity contribution in [1.29, 1.82) is 0 Å². The summed E-state index contributed by atoms with van der Waals surface area (Å²) in [6.45, 7) is 0.351. The van der Waals surface area contributed by atoms with E-state index in [-0.39, 0.29) is 18.2 Å². The molecule has 0 atom stereocenters. The maximum absolute atomic E-state index is 12.6. The lowest BCUT2D eigenvalue weighted by atomic mass is 10.3. The van der Waals surface area contributed by atoms with Crippen molar-refractivity contribution in [3.05, 3.63) is 16.9 Å². The van der Waals surface area contributed by atoms with Gasteiger partial charge in [-0.1, -0.05) is 11.6 Å². The highest BCUT2D eigenvalue weighted by Gasteiger charge is 2.40. The molecule has 8 heteroatoms. The van der Waals surface area contributed by atoms with Crippen molar-refractivity contribution >= 4 is 29.0 Å². The van der Waals surface area contributed by atoms with Crippen LogP contribution in [0.3, 0.4) is 0 Å². The lowest BCUT2D eigenvalue weighted by Crippen LogP contribution is -2.26. The molecule has 0 saturated carbocycles. The summed E-state index contributed by atoms with van der Waals surface area (Å²) in [6, 6.07) is 0. The number of carbonyl (C=O) groups excluding carboxylic acids is 1. The molecule has 0 aromatic carbocycles. The monoisotopic (exact) mass is 272 g/mol. The molecule has 16 heavy (non-hydrogen) atoms. The van der Waals surface area contributed by atoms with Crippen molar-refractivity contribution in [3.63, 3.8) is 0 Å². The second-order valence-electron chi connectivity index (χ2n) is 2.88. The predicted molar refractivity (Wildman–Crippen MR) is 54.2 cm³/mol. The van der Waals surface area contributed by atoms with Gasteiger partial charge in [-0.2, -0.15) is 13.9 Å². The second-order valence-corrected chi connectivity index (χ2v) is 3.77. The van der Waals surface area contributed by atoms with Gasteiger partial charge in [0.1, 0.15) is 5.69 Å². The zero-order valence-electron chi connectivity index (χ0n) is 8.21. The van der Waals surface area contributed by atoms with E-state index in [4.69, 9.17) is 16.3 Å². The van der Waals surface area contributed by atoms with Gasteiger partial charge in [-0.15, -0.1) is 0 Å². The number of nitrogens with zero attached hydrogens (tertiary/aromatic N) is 2. The van der Waals surface area contributed by atoms with Gasteiger partial charge < -0.3 is 4.74 Å². The molecular formula is C8H8Cl2F2N2O2. The van der Waals surface area contributed by atoms with Gasteiger partial charge in [-0.25, -0.2) is 0 Å². The van der Waals surface area contributed by atoms with E-state index in [0.29, 0.717) is 0 Å². The number of ether oxygens (including phenoxy) is 1. The maximum atomic E-state index is 12.6. The average Bonchev–Trinajstić information content (AvgIpc) is 2.54. The molecule has 0 aliphatic carbocycles. The van der Waals surface area contributed by atoms with Crippen LogP contribution >= 0.6 is 23.2 Å². The first-order chi connectivity index (χ1) is 7.38. The summed E-state index contributed by atoms with van der Waals surface area (Å²) in [5.41, 5.74) is -0.418. The summed E-state index contributed by atoms with van der Waals surface area (Å²) < 4.78 is 31.1.